The lowest BCUT2D eigenvalue weighted by Crippen LogP contribution is -2.46. The highest BCUT2D eigenvalue weighted by molar-refractivity contribution is 5.17. The second-order valence-corrected chi connectivity index (χ2v) is 5.78. The molecule has 0 aromatic heterocycles. The third-order valence-corrected chi connectivity index (χ3v) is 3.53. The summed E-state index contributed by atoms with van der Waals surface area (Å²) in [6.45, 7) is 8.60. The lowest BCUT2D eigenvalue weighted by molar-refractivity contribution is 0.233. The summed E-state index contributed by atoms with van der Waals surface area (Å²) in [7, 11) is 0. The first kappa shape index (κ1) is 13.5. The first-order valence-corrected chi connectivity index (χ1v) is 6.78. The van der Waals surface area contributed by atoms with Crippen LogP contribution < -0.4 is 5.32 Å². The fourth-order valence-electron chi connectivity index (χ4n) is 2.59. The monoisotopic (exact) mass is 250 g/mol. The summed E-state index contributed by atoms with van der Waals surface area (Å²) in [4.78, 5) is 2.44. The van der Waals surface area contributed by atoms with Gasteiger partial charge in [-0.15, -0.1) is 0 Å². The van der Waals surface area contributed by atoms with Crippen LogP contribution >= 0.6 is 0 Å². The summed E-state index contributed by atoms with van der Waals surface area (Å²) in [5.41, 5.74) is 0.985. The number of rotatable bonds is 3. The van der Waals surface area contributed by atoms with Gasteiger partial charge in [0.1, 0.15) is 5.82 Å². The molecule has 3 heteroatoms. The Morgan fingerprint density at radius 2 is 2.11 bits per heavy atom. The topological polar surface area (TPSA) is 15.3 Å². The van der Waals surface area contributed by atoms with E-state index in [1.54, 1.807) is 12.1 Å². The minimum atomic E-state index is -0.0790. The highest BCUT2D eigenvalue weighted by Crippen LogP contribution is 2.13. The fourth-order valence-corrected chi connectivity index (χ4v) is 2.59. The molecule has 100 valence electrons. The number of nitrogens with one attached hydrogen (secondary N) is 1. The van der Waals surface area contributed by atoms with Gasteiger partial charge in [-0.2, -0.15) is 0 Å². The average molecular weight is 250 g/mol. The summed E-state index contributed by atoms with van der Waals surface area (Å²) in [6, 6.07) is 7.09. The van der Waals surface area contributed by atoms with Crippen molar-refractivity contribution < 1.29 is 4.39 Å². The van der Waals surface area contributed by atoms with Crippen molar-refractivity contribution >= 4 is 0 Å². The quantitative estimate of drug-likeness (QED) is 0.886. The molecular formula is C15H23FN2. The lowest BCUT2D eigenvalue weighted by Gasteiger charge is -2.30. The van der Waals surface area contributed by atoms with E-state index in [9.17, 15) is 4.39 Å². The smallest absolute Gasteiger partial charge is 0.126 e. The van der Waals surface area contributed by atoms with E-state index in [0.717, 1.165) is 38.2 Å². The SMILES string of the molecule is CC1(C)CN(CCc2ccccc2F)CCCN1. The number of hydrogen-bond donors (Lipinski definition) is 1. The van der Waals surface area contributed by atoms with E-state index in [4.69, 9.17) is 0 Å². The fraction of sp³-hybridized carbons (Fsp3) is 0.600. The Balaban J connectivity index is 1.91. The molecule has 1 saturated heterocycles. The lowest BCUT2D eigenvalue weighted by atomic mass is 10.1. The predicted molar refractivity (Wildman–Crippen MR) is 73.2 cm³/mol. The Labute approximate surface area is 109 Å². The van der Waals surface area contributed by atoms with E-state index in [1.165, 1.54) is 6.42 Å². The van der Waals surface area contributed by atoms with Gasteiger partial charge in [0.2, 0.25) is 0 Å². The standard InChI is InChI=1S/C15H23FN2/c1-15(2)12-18(10-5-9-17-15)11-8-13-6-3-4-7-14(13)16/h3-4,6-7,17H,5,8-12H2,1-2H3. The van der Waals surface area contributed by atoms with Gasteiger partial charge in [0.05, 0.1) is 0 Å². The van der Waals surface area contributed by atoms with Crippen molar-refractivity contribution in [2.75, 3.05) is 26.2 Å². The Kier molecular flexibility index (Phi) is 4.36. The second kappa shape index (κ2) is 5.81. The van der Waals surface area contributed by atoms with E-state index in [1.807, 2.05) is 12.1 Å². The van der Waals surface area contributed by atoms with Gasteiger partial charge in [-0.25, -0.2) is 4.39 Å². The van der Waals surface area contributed by atoms with Crippen LogP contribution in [0.3, 0.4) is 0 Å². The molecule has 0 unspecified atom stereocenters. The summed E-state index contributed by atoms with van der Waals surface area (Å²) >= 11 is 0. The normalized spacial score (nSPS) is 20.6. The second-order valence-electron chi connectivity index (χ2n) is 5.78. The molecule has 1 fully saturated rings. The van der Waals surface area contributed by atoms with Gasteiger partial charge in [-0.05, 0) is 51.4 Å². The molecule has 0 amide bonds. The van der Waals surface area contributed by atoms with E-state index in [0.29, 0.717) is 0 Å². The van der Waals surface area contributed by atoms with Gasteiger partial charge in [0.25, 0.3) is 0 Å². The molecule has 2 nitrogen and oxygen atoms in total. The molecule has 1 heterocycles. The molecule has 1 N–H and O–H groups in total. The van der Waals surface area contributed by atoms with Crippen molar-refractivity contribution in [3.05, 3.63) is 35.6 Å². The Morgan fingerprint density at radius 1 is 1.33 bits per heavy atom. The maximum absolute atomic E-state index is 13.5. The summed E-state index contributed by atoms with van der Waals surface area (Å²) < 4.78 is 13.5. The van der Waals surface area contributed by atoms with Crippen molar-refractivity contribution in [2.24, 2.45) is 0 Å². The maximum atomic E-state index is 13.5. The number of halogens is 1. The van der Waals surface area contributed by atoms with Crippen molar-refractivity contribution in [3.8, 4) is 0 Å². The first-order chi connectivity index (χ1) is 8.57. The van der Waals surface area contributed by atoms with E-state index >= 15 is 0 Å². The number of benzene rings is 1. The zero-order chi connectivity index (χ0) is 13.0. The van der Waals surface area contributed by atoms with Crippen molar-refractivity contribution in [1.82, 2.24) is 10.2 Å². The molecule has 1 aromatic carbocycles. The number of hydrogen-bond acceptors (Lipinski definition) is 2. The largest absolute Gasteiger partial charge is 0.310 e. The molecule has 0 saturated carbocycles. The van der Waals surface area contributed by atoms with Gasteiger partial charge >= 0.3 is 0 Å². The number of nitrogens with zero attached hydrogens (tertiary/aromatic N) is 1. The zero-order valence-corrected chi connectivity index (χ0v) is 11.4. The highest BCUT2D eigenvalue weighted by Gasteiger charge is 2.23. The van der Waals surface area contributed by atoms with Crippen molar-refractivity contribution in [3.63, 3.8) is 0 Å². The zero-order valence-electron chi connectivity index (χ0n) is 11.4. The Morgan fingerprint density at radius 3 is 2.89 bits per heavy atom. The molecule has 2 rings (SSSR count). The van der Waals surface area contributed by atoms with E-state index in [-0.39, 0.29) is 11.4 Å². The maximum Gasteiger partial charge on any atom is 0.126 e. The molecule has 0 aliphatic carbocycles. The highest BCUT2D eigenvalue weighted by atomic mass is 19.1. The van der Waals surface area contributed by atoms with Gasteiger partial charge in [0, 0.05) is 18.6 Å². The van der Waals surface area contributed by atoms with Crippen LogP contribution in [0.5, 0.6) is 0 Å². The molecular weight excluding hydrogens is 227 g/mol. The van der Waals surface area contributed by atoms with Crippen LogP contribution in [-0.2, 0) is 6.42 Å². The molecule has 0 bridgehead atoms. The van der Waals surface area contributed by atoms with Crippen LogP contribution in [0.25, 0.3) is 0 Å². The average Bonchev–Trinajstić information content (AvgIpc) is 2.49. The predicted octanol–water partition coefficient (Wildman–Crippen LogP) is 2.44. The molecule has 1 aromatic rings. The molecule has 0 spiro atoms. The van der Waals surface area contributed by atoms with Crippen LogP contribution in [0.1, 0.15) is 25.8 Å². The summed E-state index contributed by atoms with van der Waals surface area (Å²) in [6.07, 6.45) is 1.96. The van der Waals surface area contributed by atoms with Crippen molar-refractivity contribution in [1.29, 1.82) is 0 Å². The van der Waals surface area contributed by atoms with Crippen LogP contribution in [0, 0.1) is 5.82 Å². The molecule has 0 atom stereocenters. The van der Waals surface area contributed by atoms with Gasteiger partial charge in [0.15, 0.2) is 0 Å². The van der Waals surface area contributed by atoms with Gasteiger partial charge in [-0.1, -0.05) is 18.2 Å². The molecule has 1 aliphatic heterocycles. The first-order valence-electron chi connectivity index (χ1n) is 6.78. The van der Waals surface area contributed by atoms with E-state index in [2.05, 4.69) is 24.1 Å². The third-order valence-electron chi connectivity index (χ3n) is 3.53. The minimum absolute atomic E-state index is 0.0790. The van der Waals surface area contributed by atoms with E-state index < -0.39 is 0 Å². The molecule has 18 heavy (non-hydrogen) atoms. The van der Waals surface area contributed by atoms with Crippen LogP contribution in [0.4, 0.5) is 4.39 Å². The summed E-state index contributed by atoms with van der Waals surface area (Å²) in [5, 5.41) is 3.54. The Bertz CT molecular complexity index is 390. The molecule has 1 aliphatic rings. The van der Waals surface area contributed by atoms with Crippen LogP contribution in [0.2, 0.25) is 0 Å². The van der Waals surface area contributed by atoms with Crippen molar-refractivity contribution in [2.45, 2.75) is 32.2 Å². The minimum Gasteiger partial charge on any atom is -0.310 e. The molecule has 0 radical (unpaired) electrons. The van der Waals surface area contributed by atoms with Gasteiger partial charge < -0.3 is 10.2 Å². The van der Waals surface area contributed by atoms with Crippen LogP contribution in [-0.4, -0.2) is 36.6 Å². The third kappa shape index (κ3) is 3.79. The van der Waals surface area contributed by atoms with Gasteiger partial charge in [-0.3, -0.25) is 0 Å². The Hall–Kier alpha value is -0.930. The van der Waals surface area contributed by atoms with Crippen LogP contribution in [0.15, 0.2) is 24.3 Å². The summed E-state index contributed by atoms with van der Waals surface area (Å²) in [5.74, 6) is -0.0790.